The Bertz CT molecular complexity index is 540. The minimum atomic E-state index is -0.577. The van der Waals surface area contributed by atoms with Crippen LogP contribution in [0.3, 0.4) is 0 Å². The molecule has 1 fully saturated rings. The average Bonchev–Trinajstić information content (AvgIpc) is 2.41. The first-order chi connectivity index (χ1) is 9.45. The standard InChI is InChI=1S/C13H17N3O4/c1-20-11-4-3-9(7-10(11)16(18)19)12(17)15-8-13(14)5-2-6-13/h3-4,7H,2,5-6,8,14H2,1H3,(H,15,17). The van der Waals surface area contributed by atoms with E-state index in [0.717, 1.165) is 19.3 Å². The van der Waals surface area contributed by atoms with Crippen molar-refractivity contribution in [2.24, 2.45) is 5.73 Å². The summed E-state index contributed by atoms with van der Waals surface area (Å²) in [5.74, 6) is -0.242. The van der Waals surface area contributed by atoms with E-state index in [4.69, 9.17) is 10.5 Å². The van der Waals surface area contributed by atoms with E-state index in [-0.39, 0.29) is 28.4 Å². The molecule has 1 aliphatic rings. The highest BCUT2D eigenvalue weighted by molar-refractivity contribution is 5.95. The summed E-state index contributed by atoms with van der Waals surface area (Å²) in [4.78, 5) is 22.3. The van der Waals surface area contributed by atoms with Crippen molar-refractivity contribution in [2.45, 2.75) is 24.8 Å². The van der Waals surface area contributed by atoms with Crippen LogP contribution < -0.4 is 15.8 Å². The number of benzene rings is 1. The smallest absolute Gasteiger partial charge is 0.311 e. The van der Waals surface area contributed by atoms with Crippen molar-refractivity contribution in [3.05, 3.63) is 33.9 Å². The normalized spacial score (nSPS) is 16.1. The van der Waals surface area contributed by atoms with Crippen molar-refractivity contribution >= 4 is 11.6 Å². The number of nitro benzene ring substituents is 1. The van der Waals surface area contributed by atoms with Gasteiger partial charge in [0.15, 0.2) is 5.75 Å². The van der Waals surface area contributed by atoms with E-state index in [0.29, 0.717) is 6.54 Å². The summed E-state index contributed by atoms with van der Waals surface area (Å²) in [6.45, 7) is 0.381. The molecule has 0 saturated heterocycles. The molecular formula is C13H17N3O4. The van der Waals surface area contributed by atoms with Gasteiger partial charge in [0.1, 0.15) is 0 Å². The summed E-state index contributed by atoms with van der Waals surface area (Å²) >= 11 is 0. The summed E-state index contributed by atoms with van der Waals surface area (Å²) in [5.41, 5.74) is 5.68. The van der Waals surface area contributed by atoms with E-state index in [1.165, 1.54) is 25.3 Å². The van der Waals surface area contributed by atoms with Gasteiger partial charge in [0.25, 0.3) is 5.91 Å². The number of hydrogen-bond donors (Lipinski definition) is 2. The van der Waals surface area contributed by atoms with Crippen molar-refractivity contribution in [2.75, 3.05) is 13.7 Å². The second-order valence-electron chi connectivity index (χ2n) is 5.04. The third-order valence-electron chi connectivity index (χ3n) is 3.59. The molecule has 1 aromatic rings. The lowest BCUT2D eigenvalue weighted by Gasteiger charge is -2.38. The highest BCUT2D eigenvalue weighted by Gasteiger charge is 2.32. The molecule has 2 rings (SSSR count). The molecule has 0 aliphatic heterocycles. The molecule has 7 heteroatoms. The number of nitrogens with one attached hydrogen (secondary N) is 1. The van der Waals surface area contributed by atoms with E-state index in [2.05, 4.69) is 5.32 Å². The predicted molar refractivity (Wildman–Crippen MR) is 72.8 cm³/mol. The van der Waals surface area contributed by atoms with Gasteiger partial charge in [-0.1, -0.05) is 0 Å². The van der Waals surface area contributed by atoms with Crippen molar-refractivity contribution in [3.63, 3.8) is 0 Å². The number of ether oxygens (including phenoxy) is 1. The highest BCUT2D eigenvalue weighted by atomic mass is 16.6. The van der Waals surface area contributed by atoms with Gasteiger partial charge in [0.05, 0.1) is 12.0 Å². The SMILES string of the molecule is COc1ccc(C(=O)NCC2(N)CCC2)cc1[N+](=O)[O-]. The van der Waals surface area contributed by atoms with Crippen LogP contribution in [0.15, 0.2) is 18.2 Å². The Labute approximate surface area is 116 Å². The van der Waals surface area contributed by atoms with Crippen LogP contribution in [0.5, 0.6) is 5.75 Å². The molecule has 1 amide bonds. The number of carbonyl (C=O) groups excluding carboxylic acids is 1. The summed E-state index contributed by atoms with van der Waals surface area (Å²) in [5, 5.41) is 13.6. The zero-order valence-electron chi connectivity index (χ0n) is 11.2. The van der Waals surface area contributed by atoms with Gasteiger partial charge in [-0.2, -0.15) is 0 Å². The lowest BCUT2D eigenvalue weighted by Crippen LogP contribution is -2.54. The number of carbonyl (C=O) groups is 1. The first-order valence-corrected chi connectivity index (χ1v) is 6.35. The number of nitrogens with two attached hydrogens (primary N) is 1. The van der Waals surface area contributed by atoms with Gasteiger partial charge >= 0.3 is 5.69 Å². The molecule has 1 saturated carbocycles. The van der Waals surface area contributed by atoms with Crippen LogP contribution in [0.1, 0.15) is 29.6 Å². The number of rotatable bonds is 5. The molecule has 7 nitrogen and oxygen atoms in total. The zero-order valence-corrected chi connectivity index (χ0v) is 11.2. The molecule has 0 unspecified atom stereocenters. The third kappa shape index (κ3) is 2.88. The van der Waals surface area contributed by atoms with Gasteiger partial charge in [0.2, 0.25) is 0 Å². The Morgan fingerprint density at radius 2 is 2.25 bits per heavy atom. The molecule has 0 atom stereocenters. The Kier molecular flexibility index (Phi) is 3.89. The maximum absolute atomic E-state index is 12.0. The first-order valence-electron chi connectivity index (χ1n) is 6.35. The molecule has 0 aromatic heterocycles. The fourth-order valence-electron chi connectivity index (χ4n) is 2.14. The molecule has 0 bridgehead atoms. The van der Waals surface area contributed by atoms with Crippen LogP contribution >= 0.6 is 0 Å². The van der Waals surface area contributed by atoms with Crippen LogP contribution in [0.25, 0.3) is 0 Å². The second kappa shape index (κ2) is 5.46. The highest BCUT2D eigenvalue weighted by Crippen LogP contribution is 2.29. The van der Waals surface area contributed by atoms with Crippen molar-refractivity contribution in [1.29, 1.82) is 0 Å². The van der Waals surface area contributed by atoms with Gasteiger partial charge in [0, 0.05) is 23.7 Å². The van der Waals surface area contributed by atoms with Crippen LogP contribution in [0.2, 0.25) is 0 Å². The topological polar surface area (TPSA) is 107 Å². The molecule has 1 aliphatic carbocycles. The molecule has 0 spiro atoms. The van der Waals surface area contributed by atoms with Crippen LogP contribution in [-0.4, -0.2) is 30.0 Å². The summed E-state index contributed by atoms with van der Waals surface area (Å²) < 4.78 is 4.89. The number of nitro groups is 1. The summed E-state index contributed by atoms with van der Waals surface area (Å²) in [6.07, 6.45) is 2.84. The molecular weight excluding hydrogens is 262 g/mol. The quantitative estimate of drug-likeness (QED) is 0.622. The lowest BCUT2D eigenvalue weighted by atomic mass is 9.78. The molecule has 1 aromatic carbocycles. The fraction of sp³-hybridized carbons (Fsp3) is 0.462. The van der Waals surface area contributed by atoms with Crippen molar-refractivity contribution in [3.8, 4) is 5.75 Å². The Morgan fingerprint density at radius 1 is 1.55 bits per heavy atom. The van der Waals surface area contributed by atoms with Crippen molar-refractivity contribution in [1.82, 2.24) is 5.32 Å². The second-order valence-corrected chi connectivity index (χ2v) is 5.04. The van der Waals surface area contributed by atoms with Gasteiger partial charge in [-0.3, -0.25) is 14.9 Å². The maximum Gasteiger partial charge on any atom is 0.311 e. The van der Waals surface area contributed by atoms with Crippen molar-refractivity contribution < 1.29 is 14.5 Å². The minimum absolute atomic E-state index is 0.126. The predicted octanol–water partition coefficient (Wildman–Crippen LogP) is 1.21. The van der Waals surface area contributed by atoms with E-state index in [1.807, 2.05) is 0 Å². The minimum Gasteiger partial charge on any atom is -0.490 e. The van der Waals surface area contributed by atoms with Crippen LogP contribution in [0.4, 0.5) is 5.69 Å². The molecule has 108 valence electrons. The van der Waals surface area contributed by atoms with Gasteiger partial charge in [-0.05, 0) is 31.4 Å². The first kappa shape index (κ1) is 14.3. The summed E-state index contributed by atoms with van der Waals surface area (Å²) in [7, 11) is 1.34. The largest absolute Gasteiger partial charge is 0.490 e. The number of nitrogens with zero attached hydrogens (tertiary/aromatic N) is 1. The van der Waals surface area contributed by atoms with E-state index >= 15 is 0 Å². The molecule has 20 heavy (non-hydrogen) atoms. The van der Waals surface area contributed by atoms with E-state index in [1.54, 1.807) is 0 Å². The van der Waals surface area contributed by atoms with Crippen LogP contribution in [-0.2, 0) is 0 Å². The lowest BCUT2D eigenvalue weighted by molar-refractivity contribution is -0.385. The zero-order chi connectivity index (χ0) is 14.8. The molecule has 3 N–H and O–H groups in total. The summed E-state index contributed by atoms with van der Waals surface area (Å²) in [6, 6.07) is 4.11. The number of hydrogen-bond acceptors (Lipinski definition) is 5. The number of methoxy groups -OCH3 is 1. The van der Waals surface area contributed by atoms with Gasteiger partial charge < -0.3 is 15.8 Å². The third-order valence-corrected chi connectivity index (χ3v) is 3.59. The fourth-order valence-corrected chi connectivity index (χ4v) is 2.14. The van der Waals surface area contributed by atoms with Gasteiger partial charge in [-0.15, -0.1) is 0 Å². The van der Waals surface area contributed by atoms with Crippen LogP contribution in [0, 0.1) is 10.1 Å². The maximum atomic E-state index is 12.0. The monoisotopic (exact) mass is 279 g/mol. The van der Waals surface area contributed by atoms with E-state index in [9.17, 15) is 14.9 Å². The van der Waals surface area contributed by atoms with Gasteiger partial charge in [-0.25, -0.2) is 0 Å². The molecule has 0 heterocycles. The Morgan fingerprint density at radius 3 is 2.75 bits per heavy atom. The average molecular weight is 279 g/mol. The molecule has 0 radical (unpaired) electrons. The number of amides is 1. The van der Waals surface area contributed by atoms with E-state index < -0.39 is 4.92 Å². The Balaban J connectivity index is 2.09. The Hall–Kier alpha value is -2.15.